The topological polar surface area (TPSA) is 56.1 Å². The number of hydrogen-bond acceptors (Lipinski definition) is 3. The molecule has 4 heteroatoms. The van der Waals surface area contributed by atoms with Gasteiger partial charge in [0.05, 0.1) is 11.6 Å². The number of nitrogens with one attached hydrogen (secondary N) is 1. The highest BCUT2D eigenvalue weighted by atomic mass is 16.1. The SMILES string of the molecule is CNC(=O)CCCN(C)Cc1cccc(C#N)c1. The molecule has 0 heterocycles. The Morgan fingerprint density at radius 1 is 1.50 bits per heavy atom. The predicted octanol–water partition coefficient (Wildman–Crippen LogP) is 1.52. The fourth-order valence-corrected chi connectivity index (χ4v) is 1.76. The van der Waals surface area contributed by atoms with E-state index in [1.807, 2.05) is 25.2 Å². The Labute approximate surface area is 108 Å². The summed E-state index contributed by atoms with van der Waals surface area (Å²) >= 11 is 0. The highest BCUT2D eigenvalue weighted by Crippen LogP contribution is 2.07. The molecule has 0 aromatic heterocycles. The third-order valence-corrected chi connectivity index (χ3v) is 2.73. The summed E-state index contributed by atoms with van der Waals surface area (Å²) < 4.78 is 0. The first-order chi connectivity index (χ1) is 8.65. The molecular formula is C14H19N3O. The first kappa shape index (κ1) is 14.2. The molecule has 0 saturated carbocycles. The van der Waals surface area contributed by atoms with E-state index in [4.69, 9.17) is 5.26 Å². The Hall–Kier alpha value is -1.86. The van der Waals surface area contributed by atoms with Crippen molar-refractivity contribution in [3.05, 3.63) is 35.4 Å². The fourth-order valence-electron chi connectivity index (χ4n) is 1.76. The summed E-state index contributed by atoms with van der Waals surface area (Å²) in [5, 5.41) is 11.4. The van der Waals surface area contributed by atoms with Crippen molar-refractivity contribution in [2.75, 3.05) is 20.6 Å². The molecule has 1 aromatic carbocycles. The number of nitriles is 1. The van der Waals surface area contributed by atoms with Crippen LogP contribution in [-0.2, 0) is 11.3 Å². The van der Waals surface area contributed by atoms with E-state index in [-0.39, 0.29) is 5.91 Å². The zero-order valence-electron chi connectivity index (χ0n) is 10.9. The molecule has 4 nitrogen and oxygen atoms in total. The van der Waals surface area contributed by atoms with Crippen molar-refractivity contribution in [2.45, 2.75) is 19.4 Å². The summed E-state index contributed by atoms with van der Waals surface area (Å²) in [6.45, 7) is 1.66. The number of hydrogen-bond donors (Lipinski definition) is 1. The second-order valence-electron chi connectivity index (χ2n) is 4.33. The lowest BCUT2D eigenvalue weighted by molar-refractivity contribution is -0.120. The number of carbonyl (C=O) groups excluding carboxylic acids is 1. The van der Waals surface area contributed by atoms with Crippen LogP contribution in [0.3, 0.4) is 0 Å². The van der Waals surface area contributed by atoms with Crippen LogP contribution in [0.1, 0.15) is 24.0 Å². The van der Waals surface area contributed by atoms with Crippen molar-refractivity contribution in [3.8, 4) is 6.07 Å². The summed E-state index contributed by atoms with van der Waals surface area (Å²) in [5.74, 6) is 0.0786. The van der Waals surface area contributed by atoms with Crippen LogP contribution in [0.2, 0.25) is 0 Å². The van der Waals surface area contributed by atoms with E-state index in [0.29, 0.717) is 12.0 Å². The van der Waals surface area contributed by atoms with Gasteiger partial charge >= 0.3 is 0 Å². The number of amides is 1. The van der Waals surface area contributed by atoms with Crippen molar-refractivity contribution >= 4 is 5.91 Å². The minimum Gasteiger partial charge on any atom is -0.359 e. The van der Waals surface area contributed by atoms with Crippen molar-refractivity contribution in [3.63, 3.8) is 0 Å². The van der Waals surface area contributed by atoms with E-state index in [9.17, 15) is 4.79 Å². The van der Waals surface area contributed by atoms with Gasteiger partial charge in [-0.15, -0.1) is 0 Å². The monoisotopic (exact) mass is 245 g/mol. The lowest BCUT2D eigenvalue weighted by atomic mass is 10.1. The second kappa shape index (κ2) is 7.46. The molecule has 1 rings (SSSR count). The quantitative estimate of drug-likeness (QED) is 0.826. The zero-order chi connectivity index (χ0) is 13.4. The van der Waals surface area contributed by atoms with E-state index in [2.05, 4.69) is 16.3 Å². The van der Waals surface area contributed by atoms with Crippen molar-refractivity contribution in [1.29, 1.82) is 5.26 Å². The standard InChI is InChI=1S/C14H19N3O/c1-16-14(18)7-4-8-17(2)11-13-6-3-5-12(9-13)10-15/h3,5-6,9H,4,7-8,11H2,1-2H3,(H,16,18). The van der Waals surface area contributed by atoms with Gasteiger partial charge in [0.25, 0.3) is 0 Å². The fraction of sp³-hybridized carbons (Fsp3) is 0.429. The van der Waals surface area contributed by atoms with Crippen LogP contribution in [0, 0.1) is 11.3 Å². The maximum absolute atomic E-state index is 11.1. The maximum atomic E-state index is 11.1. The third-order valence-electron chi connectivity index (χ3n) is 2.73. The number of rotatable bonds is 6. The van der Waals surface area contributed by atoms with Crippen LogP contribution in [0.5, 0.6) is 0 Å². The Kier molecular flexibility index (Phi) is 5.89. The van der Waals surface area contributed by atoms with Crippen LogP contribution in [0.4, 0.5) is 0 Å². The van der Waals surface area contributed by atoms with Gasteiger partial charge < -0.3 is 10.2 Å². The summed E-state index contributed by atoms with van der Waals surface area (Å²) in [4.78, 5) is 13.2. The van der Waals surface area contributed by atoms with E-state index >= 15 is 0 Å². The van der Waals surface area contributed by atoms with Crippen LogP contribution in [0.25, 0.3) is 0 Å². The molecule has 1 aromatic rings. The lowest BCUT2D eigenvalue weighted by Crippen LogP contribution is -2.22. The van der Waals surface area contributed by atoms with Gasteiger partial charge in [-0.25, -0.2) is 0 Å². The largest absolute Gasteiger partial charge is 0.359 e. The highest BCUT2D eigenvalue weighted by Gasteiger charge is 2.03. The van der Waals surface area contributed by atoms with Crippen molar-refractivity contribution in [2.24, 2.45) is 0 Å². The molecule has 0 fully saturated rings. The van der Waals surface area contributed by atoms with E-state index < -0.39 is 0 Å². The molecule has 1 N–H and O–H groups in total. The van der Waals surface area contributed by atoms with Gasteiger partial charge in [-0.1, -0.05) is 12.1 Å². The molecule has 96 valence electrons. The average Bonchev–Trinajstić information content (AvgIpc) is 2.38. The molecule has 0 saturated heterocycles. The maximum Gasteiger partial charge on any atom is 0.219 e. The normalized spacial score (nSPS) is 10.1. The van der Waals surface area contributed by atoms with Gasteiger partial charge in [-0.2, -0.15) is 5.26 Å². The molecule has 1 amide bonds. The first-order valence-corrected chi connectivity index (χ1v) is 6.04. The van der Waals surface area contributed by atoms with Crippen molar-refractivity contribution < 1.29 is 4.79 Å². The van der Waals surface area contributed by atoms with E-state index in [1.54, 1.807) is 13.1 Å². The minimum absolute atomic E-state index is 0.0786. The Morgan fingerprint density at radius 2 is 2.28 bits per heavy atom. The number of benzene rings is 1. The number of carbonyl (C=O) groups is 1. The Bertz CT molecular complexity index is 437. The zero-order valence-corrected chi connectivity index (χ0v) is 10.9. The van der Waals surface area contributed by atoms with Crippen LogP contribution >= 0.6 is 0 Å². The van der Waals surface area contributed by atoms with Crippen LogP contribution in [-0.4, -0.2) is 31.4 Å². The average molecular weight is 245 g/mol. The van der Waals surface area contributed by atoms with E-state index in [0.717, 1.165) is 25.1 Å². The lowest BCUT2D eigenvalue weighted by Gasteiger charge is -2.16. The van der Waals surface area contributed by atoms with Gasteiger partial charge in [0.1, 0.15) is 0 Å². The smallest absolute Gasteiger partial charge is 0.219 e. The summed E-state index contributed by atoms with van der Waals surface area (Å²) in [7, 11) is 3.67. The van der Waals surface area contributed by atoms with Gasteiger partial charge in [0, 0.05) is 20.0 Å². The minimum atomic E-state index is 0.0786. The second-order valence-corrected chi connectivity index (χ2v) is 4.33. The molecule has 0 bridgehead atoms. The molecule has 0 aliphatic carbocycles. The Balaban J connectivity index is 2.37. The van der Waals surface area contributed by atoms with Crippen LogP contribution < -0.4 is 5.32 Å². The van der Waals surface area contributed by atoms with Crippen LogP contribution in [0.15, 0.2) is 24.3 Å². The summed E-state index contributed by atoms with van der Waals surface area (Å²) in [6.07, 6.45) is 1.40. The molecule has 0 aliphatic heterocycles. The summed E-state index contributed by atoms with van der Waals surface area (Å²) in [5.41, 5.74) is 1.81. The van der Waals surface area contributed by atoms with Gasteiger partial charge in [0.15, 0.2) is 0 Å². The predicted molar refractivity (Wildman–Crippen MR) is 70.8 cm³/mol. The first-order valence-electron chi connectivity index (χ1n) is 6.04. The van der Waals surface area contributed by atoms with Gasteiger partial charge in [0.2, 0.25) is 5.91 Å². The van der Waals surface area contributed by atoms with Gasteiger partial charge in [-0.05, 0) is 37.7 Å². The van der Waals surface area contributed by atoms with Crippen molar-refractivity contribution in [1.82, 2.24) is 10.2 Å². The summed E-state index contributed by atoms with van der Waals surface area (Å²) in [6, 6.07) is 9.74. The molecule has 0 aliphatic rings. The third kappa shape index (κ3) is 4.98. The molecular weight excluding hydrogens is 226 g/mol. The molecule has 18 heavy (non-hydrogen) atoms. The Morgan fingerprint density at radius 3 is 2.94 bits per heavy atom. The highest BCUT2D eigenvalue weighted by molar-refractivity contribution is 5.75. The molecule has 0 radical (unpaired) electrons. The number of nitrogens with zero attached hydrogens (tertiary/aromatic N) is 2. The molecule has 0 spiro atoms. The molecule has 0 atom stereocenters. The van der Waals surface area contributed by atoms with E-state index in [1.165, 1.54) is 0 Å². The molecule has 0 unspecified atom stereocenters. The van der Waals surface area contributed by atoms with Gasteiger partial charge in [-0.3, -0.25) is 4.79 Å².